The molecule has 0 aliphatic carbocycles. The largest absolute Gasteiger partial charge is 0.481 e. The first-order chi connectivity index (χ1) is 11.7. The molecule has 1 aromatic rings. The highest BCUT2D eigenvalue weighted by Gasteiger charge is 2.23. The third kappa shape index (κ3) is 6.07. The number of carboxylic acid groups (broad SMARTS) is 1. The highest BCUT2D eigenvalue weighted by Crippen LogP contribution is 2.19. The molecule has 5 nitrogen and oxygen atoms in total. The molecule has 24 heavy (non-hydrogen) atoms. The molecule has 1 saturated heterocycles. The number of carboxylic acids is 1. The number of likely N-dealkylation sites (tertiary alicyclic amines) is 1. The summed E-state index contributed by atoms with van der Waals surface area (Å²) in [6, 6.07) is 10.1. The smallest absolute Gasteiger partial charge is 0.317 e. The molecule has 1 aliphatic heterocycles. The maximum atomic E-state index is 12.5. The fourth-order valence-corrected chi connectivity index (χ4v) is 2.91. The lowest BCUT2D eigenvalue weighted by molar-refractivity contribution is -0.137. The van der Waals surface area contributed by atoms with Crippen LogP contribution in [0.15, 0.2) is 36.4 Å². The van der Waals surface area contributed by atoms with Gasteiger partial charge in [-0.15, -0.1) is 0 Å². The van der Waals surface area contributed by atoms with Crippen molar-refractivity contribution in [2.45, 2.75) is 44.6 Å². The van der Waals surface area contributed by atoms with Crippen LogP contribution in [-0.4, -0.2) is 41.1 Å². The van der Waals surface area contributed by atoms with E-state index in [0.717, 1.165) is 37.8 Å². The molecule has 2 rings (SSSR count). The molecular weight excluding hydrogens is 304 g/mol. The highest BCUT2D eigenvalue weighted by molar-refractivity contribution is 5.75. The molecule has 1 unspecified atom stereocenters. The Kier molecular flexibility index (Phi) is 7.33. The minimum Gasteiger partial charge on any atom is -0.481 e. The van der Waals surface area contributed by atoms with Crippen LogP contribution in [0.1, 0.15) is 44.1 Å². The summed E-state index contributed by atoms with van der Waals surface area (Å²) in [5.41, 5.74) is 1.13. The molecule has 1 aliphatic rings. The number of nitrogens with one attached hydrogen (secondary N) is 1. The molecule has 0 bridgehead atoms. The lowest BCUT2D eigenvalue weighted by Crippen LogP contribution is -2.45. The lowest BCUT2D eigenvalue weighted by atomic mass is 10.1. The van der Waals surface area contributed by atoms with E-state index < -0.39 is 5.97 Å². The van der Waals surface area contributed by atoms with E-state index in [-0.39, 0.29) is 18.5 Å². The van der Waals surface area contributed by atoms with E-state index in [1.165, 1.54) is 0 Å². The van der Waals surface area contributed by atoms with Crippen molar-refractivity contribution in [3.05, 3.63) is 42.0 Å². The van der Waals surface area contributed by atoms with E-state index in [0.29, 0.717) is 13.0 Å². The van der Waals surface area contributed by atoms with Gasteiger partial charge in [0.05, 0.1) is 6.04 Å². The monoisotopic (exact) mass is 330 g/mol. The Morgan fingerprint density at radius 3 is 2.75 bits per heavy atom. The maximum absolute atomic E-state index is 12.5. The predicted octanol–water partition coefficient (Wildman–Crippen LogP) is 3.52. The lowest BCUT2D eigenvalue weighted by Gasteiger charge is -2.28. The van der Waals surface area contributed by atoms with Gasteiger partial charge in [0.15, 0.2) is 0 Å². The van der Waals surface area contributed by atoms with Crippen molar-refractivity contribution < 1.29 is 14.7 Å². The number of hydrogen-bond donors (Lipinski definition) is 2. The van der Waals surface area contributed by atoms with Gasteiger partial charge in [0.2, 0.25) is 0 Å². The van der Waals surface area contributed by atoms with Gasteiger partial charge in [-0.3, -0.25) is 4.79 Å². The van der Waals surface area contributed by atoms with Crippen molar-refractivity contribution in [1.82, 2.24) is 10.2 Å². The molecule has 0 radical (unpaired) electrons. The molecular formula is C19H26N2O3. The van der Waals surface area contributed by atoms with E-state index in [4.69, 9.17) is 5.11 Å². The number of aliphatic carboxylic acids is 1. The molecule has 1 atom stereocenters. The Morgan fingerprint density at radius 2 is 2.00 bits per heavy atom. The second-order valence-electron chi connectivity index (χ2n) is 6.11. The maximum Gasteiger partial charge on any atom is 0.317 e. The minimum atomic E-state index is -0.831. The van der Waals surface area contributed by atoms with E-state index >= 15 is 0 Å². The zero-order chi connectivity index (χ0) is 17.2. The van der Waals surface area contributed by atoms with E-state index in [1.807, 2.05) is 35.2 Å². The van der Waals surface area contributed by atoms with E-state index in [9.17, 15) is 9.59 Å². The summed E-state index contributed by atoms with van der Waals surface area (Å²) in [5.74, 6) is -0.831. The number of carbonyl (C=O) groups is 2. The summed E-state index contributed by atoms with van der Waals surface area (Å²) in [4.78, 5) is 24.9. The van der Waals surface area contributed by atoms with Crippen LogP contribution in [0.3, 0.4) is 0 Å². The Balaban J connectivity index is 1.94. The van der Waals surface area contributed by atoms with Gasteiger partial charge in [0.25, 0.3) is 0 Å². The molecule has 1 fully saturated rings. The zero-order valence-electron chi connectivity index (χ0n) is 14.0. The van der Waals surface area contributed by atoms with Crippen LogP contribution in [0.2, 0.25) is 0 Å². The number of rotatable bonds is 6. The van der Waals surface area contributed by atoms with Crippen LogP contribution < -0.4 is 5.32 Å². The average Bonchev–Trinajstić information content (AvgIpc) is 2.83. The van der Waals surface area contributed by atoms with Gasteiger partial charge >= 0.3 is 12.0 Å². The topological polar surface area (TPSA) is 69.6 Å². The standard InChI is InChI=1S/C19H26N2O3/c22-18(23)11-7-14-20-19(24)21-15-6-2-5-10-17(21)13-12-16-8-3-1-4-9-16/h1,3-4,8-9,12-13,17H,2,5-7,10-11,14-15H2,(H,20,24)(H,22,23)/b13-12+. The second-order valence-corrected chi connectivity index (χ2v) is 6.11. The van der Waals surface area contributed by atoms with Crippen molar-refractivity contribution in [2.75, 3.05) is 13.1 Å². The fourth-order valence-electron chi connectivity index (χ4n) is 2.91. The van der Waals surface area contributed by atoms with Crippen molar-refractivity contribution in [2.24, 2.45) is 0 Å². The number of amides is 2. The molecule has 1 heterocycles. The highest BCUT2D eigenvalue weighted by atomic mass is 16.4. The number of carbonyl (C=O) groups excluding carboxylic acids is 1. The van der Waals surface area contributed by atoms with Gasteiger partial charge in [-0.05, 0) is 24.8 Å². The normalized spacial score (nSPS) is 18.3. The molecule has 0 aromatic heterocycles. The Morgan fingerprint density at radius 1 is 1.21 bits per heavy atom. The van der Waals surface area contributed by atoms with Crippen molar-refractivity contribution in [3.63, 3.8) is 0 Å². The van der Waals surface area contributed by atoms with Crippen LogP contribution in [0.4, 0.5) is 4.79 Å². The predicted molar refractivity (Wildman–Crippen MR) is 94.7 cm³/mol. The first-order valence-corrected chi connectivity index (χ1v) is 8.66. The summed E-state index contributed by atoms with van der Waals surface area (Å²) >= 11 is 0. The van der Waals surface area contributed by atoms with Gasteiger partial charge < -0.3 is 15.3 Å². The molecule has 130 valence electrons. The molecule has 5 heteroatoms. The van der Waals surface area contributed by atoms with Gasteiger partial charge in [0, 0.05) is 19.5 Å². The first kappa shape index (κ1) is 18.0. The summed E-state index contributed by atoms with van der Waals surface area (Å²) < 4.78 is 0. The average molecular weight is 330 g/mol. The van der Waals surface area contributed by atoms with Crippen molar-refractivity contribution >= 4 is 18.1 Å². The molecule has 0 spiro atoms. The Hall–Kier alpha value is -2.30. The van der Waals surface area contributed by atoms with Gasteiger partial charge in [-0.1, -0.05) is 55.3 Å². The SMILES string of the molecule is O=C(O)CCCNC(=O)N1CCCCCC1/C=C/c1ccccc1. The van der Waals surface area contributed by atoms with E-state index in [2.05, 4.69) is 17.5 Å². The quantitative estimate of drug-likeness (QED) is 0.784. The number of benzene rings is 1. The summed E-state index contributed by atoms with van der Waals surface area (Å²) in [6.07, 6.45) is 8.95. The minimum absolute atomic E-state index is 0.0810. The summed E-state index contributed by atoms with van der Waals surface area (Å²) in [5, 5.41) is 11.5. The number of nitrogens with zero attached hydrogens (tertiary/aromatic N) is 1. The third-order valence-electron chi connectivity index (χ3n) is 4.21. The van der Waals surface area contributed by atoms with E-state index in [1.54, 1.807) is 0 Å². The number of hydrogen-bond acceptors (Lipinski definition) is 2. The fraction of sp³-hybridized carbons (Fsp3) is 0.474. The van der Waals surface area contributed by atoms with Crippen molar-refractivity contribution in [3.8, 4) is 0 Å². The zero-order valence-corrected chi connectivity index (χ0v) is 14.0. The van der Waals surface area contributed by atoms with Crippen molar-refractivity contribution in [1.29, 1.82) is 0 Å². The third-order valence-corrected chi connectivity index (χ3v) is 4.21. The Labute approximate surface area is 143 Å². The van der Waals surface area contributed by atoms with Crippen LogP contribution in [0.5, 0.6) is 0 Å². The molecule has 2 N–H and O–H groups in total. The van der Waals surface area contributed by atoms with Crippen LogP contribution in [0, 0.1) is 0 Å². The molecule has 0 saturated carbocycles. The van der Waals surface area contributed by atoms with Gasteiger partial charge in [-0.2, -0.15) is 0 Å². The van der Waals surface area contributed by atoms with Crippen LogP contribution in [0.25, 0.3) is 6.08 Å². The summed E-state index contributed by atoms with van der Waals surface area (Å²) in [6.45, 7) is 1.14. The van der Waals surface area contributed by atoms with Gasteiger partial charge in [0.1, 0.15) is 0 Å². The van der Waals surface area contributed by atoms with Crippen LogP contribution in [-0.2, 0) is 4.79 Å². The second kappa shape index (κ2) is 9.75. The van der Waals surface area contributed by atoms with Gasteiger partial charge in [-0.25, -0.2) is 4.79 Å². The Bertz CT molecular complexity index is 557. The summed E-state index contributed by atoms with van der Waals surface area (Å²) in [7, 11) is 0. The molecule has 1 aromatic carbocycles. The number of urea groups is 1. The first-order valence-electron chi connectivity index (χ1n) is 8.66. The van der Waals surface area contributed by atoms with Crippen LogP contribution >= 0.6 is 0 Å². The molecule has 2 amide bonds.